The second kappa shape index (κ2) is 7.02. The molecule has 2 aromatic carbocycles. The van der Waals surface area contributed by atoms with Gasteiger partial charge in [-0.05, 0) is 29.2 Å². The molecule has 0 fully saturated rings. The zero-order chi connectivity index (χ0) is 15.2. The Bertz CT molecular complexity index is 576. The second-order valence-corrected chi connectivity index (χ2v) is 5.32. The Morgan fingerprint density at radius 1 is 0.952 bits per heavy atom. The minimum Gasteiger partial charge on any atom is -0.497 e. The van der Waals surface area contributed by atoms with Gasteiger partial charge in [0.25, 0.3) is 0 Å². The molecule has 0 spiro atoms. The maximum Gasteiger partial charge on any atom is 0.142 e. The smallest absolute Gasteiger partial charge is 0.142 e. The van der Waals surface area contributed by atoms with Crippen LogP contribution in [0.1, 0.15) is 30.9 Å². The zero-order valence-corrected chi connectivity index (χ0v) is 13.1. The largest absolute Gasteiger partial charge is 0.497 e. The first-order chi connectivity index (χ1) is 10.1. The Labute approximate surface area is 126 Å². The predicted molar refractivity (Wildman–Crippen MR) is 87.4 cm³/mol. The topological polar surface area (TPSA) is 30.5 Å². The molecule has 0 amide bonds. The van der Waals surface area contributed by atoms with E-state index in [1.165, 1.54) is 11.1 Å². The van der Waals surface area contributed by atoms with E-state index in [9.17, 15) is 0 Å². The minimum absolute atomic E-state index is 0.561. The van der Waals surface area contributed by atoms with Crippen molar-refractivity contribution in [1.29, 1.82) is 0 Å². The fourth-order valence-corrected chi connectivity index (χ4v) is 2.17. The van der Waals surface area contributed by atoms with Crippen LogP contribution in [0.5, 0.6) is 11.5 Å². The van der Waals surface area contributed by atoms with Crippen molar-refractivity contribution in [1.82, 2.24) is 0 Å². The number of anilines is 1. The van der Waals surface area contributed by atoms with E-state index in [2.05, 4.69) is 43.4 Å². The SMILES string of the molecule is COc1ccc(OC)c(NCc2ccc(C(C)C)cc2)c1. The van der Waals surface area contributed by atoms with Crippen molar-refractivity contribution in [3.05, 3.63) is 53.6 Å². The average molecular weight is 285 g/mol. The summed E-state index contributed by atoms with van der Waals surface area (Å²) in [5.41, 5.74) is 3.53. The molecule has 21 heavy (non-hydrogen) atoms. The lowest BCUT2D eigenvalue weighted by atomic mass is 10.0. The van der Waals surface area contributed by atoms with Gasteiger partial charge in [0.2, 0.25) is 0 Å². The molecule has 0 aliphatic carbocycles. The summed E-state index contributed by atoms with van der Waals surface area (Å²) >= 11 is 0. The molecule has 0 bridgehead atoms. The van der Waals surface area contributed by atoms with E-state index in [1.54, 1.807) is 14.2 Å². The van der Waals surface area contributed by atoms with Crippen LogP contribution in [0.3, 0.4) is 0 Å². The van der Waals surface area contributed by atoms with Crippen LogP contribution in [0.15, 0.2) is 42.5 Å². The summed E-state index contributed by atoms with van der Waals surface area (Å²) in [6.07, 6.45) is 0. The van der Waals surface area contributed by atoms with E-state index >= 15 is 0 Å². The van der Waals surface area contributed by atoms with Gasteiger partial charge >= 0.3 is 0 Å². The van der Waals surface area contributed by atoms with Gasteiger partial charge in [0.15, 0.2) is 0 Å². The molecule has 2 aromatic rings. The summed E-state index contributed by atoms with van der Waals surface area (Å²) in [5, 5.41) is 3.40. The fourth-order valence-electron chi connectivity index (χ4n) is 2.17. The molecular weight excluding hydrogens is 262 g/mol. The summed E-state index contributed by atoms with van der Waals surface area (Å²) in [5.74, 6) is 2.19. The molecule has 0 saturated carbocycles. The first-order valence-corrected chi connectivity index (χ1v) is 7.18. The lowest BCUT2D eigenvalue weighted by molar-refractivity contribution is 0.404. The lowest BCUT2D eigenvalue weighted by Crippen LogP contribution is -2.02. The van der Waals surface area contributed by atoms with Gasteiger partial charge in [-0.25, -0.2) is 0 Å². The van der Waals surface area contributed by atoms with Crippen molar-refractivity contribution in [3.63, 3.8) is 0 Å². The van der Waals surface area contributed by atoms with Gasteiger partial charge in [0.05, 0.1) is 19.9 Å². The average Bonchev–Trinajstić information content (AvgIpc) is 2.52. The van der Waals surface area contributed by atoms with Gasteiger partial charge in [-0.15, -0.1) is 0 Å². The molecule has 112 valence electrons. The van der Waals surface area contributed by atoms with Crippen LogP contribution >= 0.6 is 0 Å². The van der Waals surface area contributed by atoms with Gasteiger partial charge in [-0.2, -0.15) is 0 Å². The molecule has 0 aliphatic rings. The summed E-state index contributed by atoms with van der Waals surface area (Å²) in [6, 6.07) is 14.4. The molecule has 0 radical (unpaired) electrons. The quantitative estimate of drug-likeness (QED) is 0.851. The number of methoxy groups -OCH3 is 2. The van der Waals surface area contributed by atoms with Crippen molar-refractivity contribution >= 4 is 5.69 Å². The maximum atomic E-state index is 5.37. The standard InChI is InChI=1S/C18H23NO2/c1-13(2)15-7-5-14(6-8-15)12-19-17-11-16(20-3)9-10-18(17)21-4/h5-11,13,19H,12H2,1-4H3. The van der Waals surface area contributed by atoms with E-state index in [0.717, 1.165) is 23.7 Å². The highest BCUT2D eigenvalue weighted by molar-refractivity contribution is 5.59. The molecule has 3 nitrogen and oxygen atoms in total. The van der Waals surface area contributed by atoms with E-state index in [4.69, 9.17) is 9.47 Å². The monoisotopic (exact) mass is 285 g/mol. The normalized spacial score (nSPS) is 10.5. The summed E-state index contributed by atoms with van der Waals surface area (Å²) in [7, 11) is 3.33. The van der Waals surface area contributed by atoms with E-state index in [1.807, 2.05) is 18.2 Å². The van der Waals surface area contributed by atoms with Crippen molar-refractivity contribution in [2.75, 3.05) is 19.5 Å². The van der Waals surface area contributed by atoms with Gasteiger partial charge in [-0.3, -0.25) is 0 Å². The molecule has 2 rings (SSSR count). The van der Waals surface area contributed by atoms with Crippen molar-refractivity contribution in [2.45, 2.75) is 26.3 Å². The van der Waals surface area contributed by atoms with Crippen LogP contribution in [0.25, 0.3) is 0 Å². The maximum absolute atomic E-state index is 5.37. The highest BCUT2D eigenvalue weighted by Crippen LogP contribution is 2.29. The Balaban J connectivity index is 2.08. The van der Waals surface area contributed by atoms with Crippen LogP contribution in [0.2, 0.25) is 0 Å². The van der Waals surface area contributed by atoms with Crippen molar-refractivity contribution in [3.8, 4) is 11.5 Å². The van der Waals surface area contributed by atoms with E-state index < -0.39 is 0 Å². The number of hydrogen-bond donors (Lipinski definition) is 1. The van der Waals surface area contributed by atoms with Crippen LogP contribution in [0.4, 0.5) is 5.69 Å². The third-order valence-electron chi connectivity index (χ3n) is 3.54. The summed E-state index contributed by atoms with van der Waals surface area (Å²) in [4.78, 5) is 0. The van der Waals surface area contributed by atoms with Gasteiger partial charge in [0.1, 0.15) is 11.5 Å². The van der Waals surface area contributed by atoms with Gasteiger partial charge < -0.3 is 14.8 Å². The second-order valence-electron chi connectivity index (χ2n) is 5.32. The Kier molecular flexibility index (Phi) is 5.09. The highest BCUT2D eigenvalue weighted by atomic mass is 16.5. The molecule has 1 N–H and O–H groups in total. The van der Waals surface area contributed by atoms with Gasteiger partial charge in [-0.1, -0.05) is 38.1 Å². The number of nitrogens with one attached hydrogen (secondary N) is 1. The Hall–Kier alpha value is -2.16. The van der Waals surface area contributed by atoms with Crippen LogP contribution in [0, 0.1) is 0 Å². The Morgan fingerprint density at radius 3 is 2.24 bits per heavy atom. The first-order valence-electron chi connectivity index (χ1n) is 7.18. The fraction of sp³-hybridized carbons (Fsp3) is 0.333. The molecule has 0 unspecified atom stereocenters. The summed E-state index contributed by atoms with van der Waals surface area (Å²) < 4.78 is 10.6. The molecule has 0 aromatic heterocycles. The molecule has 0 saturated heterocycles. The van der Waals surface area contributed by atoms with Crippen molar-refractivity contribution < 1.29 is 9.47 Å². The van der Waals surface area contributed by atoms with Crippen LogP contribution in [-0.4, -0.2) is 14.2 Å². The van der Waals surface area contributed by atoms with E-state index in [-0.39, 0.29) is 0 Å². The van der Waals surface area contributed by atoms with Crippen LogP contribution < -0.4 is 14.8 Å². The van der Waals surface area contributed by atoms with Gasteiger partial charge in [0, 0.05) is 12.6 Å². The zero-order valence-electron chi connectivity index (χ0n) is 13.1. The molecule has 0 atom stereocenters. The predicted octanol–water partition coefficient (Wildman–Crippen LogP) is 4.44. The Morgan fingerprint density at radius 2 is 1.67 bits per heavy atom. The van der Waals surface area contributed by atoms with E-state index in [0.29, 0.717) is 5.92 Å². The number of benzene rings is 2. The van der Waals surface area contributed by atoms with Crippen molar-refractivity contribution in [2.24, 2.45) is 0 Å². The molecule has 0 heterocycles. The first kappa shape index (κ1) is 15.2. The van der Waals surface area contributed by atoms with Crippen LogP contribution in [-0.2, 0) is 6.54 Å². The minimum atomic E-state index is 0.561. The number of ether oxygens (including phenoxy) is 2. The molecular formula is C18H23NO2. The third-order valence-corrected chi connectivity index (χ3v) is 3.54. The summed E-state index contributed by atoms with van der Waals surface area (Å²) in [6.45, 7) is 5.16. The lowest BCUT2D eigenvalue weighted by Gasteiger charge is -2.13. The highest BCUT2D eigenvalue weighted by Gasteiger charge is 2.05. The number of hydrogen-bond acceptors (Lipinski definition) is 3. The third kappa shape index (κ3) is 3.91. The number of rotatable bonds is 6. The molecule has 3 heteroatoms. The molecule has 0 aliphatic heterocycles.